The summed E-state index contributed by atoms with van der Waals surface area (Å²) in [5.74, 6) is -0.239. The predicted octanol–water partition coefficient (Wildman–Crippen LogP) is 4.02. The number of carboxylic acid groups (broad SMARTS) is 1. The summed E-state index contributed by atoms with van der Waals surface area (Å²) in [6.07, 6.45) is 3.74. The molecule has 0 radical (unpaired) electrons. The monoisotopic (exact) mass is 430 g/mol. The topological polar surface area (TPSA) is 88.5 Å². The third kappa shape index (κ3) is 3.19. The van der Waals surface area contributed by atoms with E-state index in [1.807, 2.05) is 13.0 Å². The molecule has 0 aliphatic heterocycles. The van der Waals surface area contributed by atoms with E-state index >= 15 is 0 Å². The second-order valence-electron chi connectivity index (χ2n) is 9.74. The van der Waals surface area contributed by atoms with Crippen LogP contribution < -0.4 is 0 Å². The normalized spacial score (nSPS) is 37.9. The average Bonchev–Trinajstić information content (AvgIpc) is 3.03. The Balaban J connectivity index is 1.75. The molecule has 3 aliphatic carbocycles. The number of ketones is 2. The molecule has 0 bridgehead atoms. The maximum absolute atomic E-state index is 13.6. The Kier molecular flexibility index (Phi) is 5.50. The summed E-state index contributed by atoms with van der Waals surface area (Å²) < 4.78 is 13.6. The second-order valence-corrected chi connectivity index (χ2v) is 11.4. The van der Waals surface area contributed by atoms with Crippen molar-refractivity contribution in [3.63, 3.8) is 0 Å². The molecule has 3 aliphatic rings. The number of hydrogen-bond donors (Lipinski definition) is 1. The van der Waals surface area contributed by atoms with Gasteiger partial charge in [0.2, 0.25) is 0 Å². The number of carbonyl (C=O) groups excluding carboxylic acids is 2. The lowest BCUT2D eigenvalue weighted by Gasteiger charge is -2.55. The summed E-state index contributed by atoms with van der Waals surface area (Å²) in [6.45, 7) is 3.94. The van der Waals surface area contributed by atoms with E-state index in [1.54, 1.807) is 24.3 Å². The molecule has 4 rings (SSSR count). The van der Waals surface area contributed by atoms with Gasteiger partial charge in [-0.1, -0.05) is 32.0 Å². The molecule has 0 aromatic heterocycles. The number of fused-ring (bicyclic) bond motifs is 3. The lowest BCUT2D eigenvalue weighted by atomic mass is 9.49. The predicted molar refractivity (Wildman–Crippen MR) is 113 cm³/mol. The zero-order valence-corrected chi connectivity index (χ0v) is 18.5. The zero-order chi connectivity index (χ0) is 21.7. The number of Topliss-reactive ketones (excluding diaryl/α,β-unsaturated/α-hetero) is 2. The minimum Gasteiger partial charge on any atom is -0.481 e. The van der Waals surface area contributed by atoms with Crippen molar-refractivity contribution >= 4 is 28.3 Å². The fourth-order valence-electron chi connectivity index (χ4n) is 6.79. The molecule has 7 atom stereocenters. The van der Waals surface area contributed by atoms with Crippen LogP contribution in [0.3, 0.4) is 0 Å². The minimum atomic E-state index is -1.61. The Labute approximate surface area is 180 Å². The quantitative estimate of drug-likeness (QED) is 0.762. The molecule has 1 aromatic carbocycles. The van der Waals surface area contributed by atoms with Gasteiger partial charge in [-0.3, -0.25) is 18.6 Å². The minimum absolute atomic E-state index is 0.0280. The molecule has 0 saturated heterocycles. The van der Waals surface area contributed by atoms with Gasteiger partial charge in [-0.2, -0.15) is 0 Å². The molecule has 162 valence electrons. The highest BCUT2D eigenvalue weighted by atomic mass is 32.2. The van der Waals surface area contributed by atoms with Gasteiger partial charge in [0.15, 0.2) is 0 Å². The Morgan fingerprint density at radius 3 is 2.40 bits per heavy atom. The van der Waals surface area contributed by atoms with E-state index < -0.39 is 27.4 Å². The summed E-state index contributed by atoms with van der Waals surface area (Å²) in [6, 6.07) is 8.89. The fourth-order valence-corrected chi connectivity index (χ4v) is 8.58. The van der Waals surface area contributed by atoms with Gasteiger partial charge in [-0.25, -0.2) is 0 Å². The summed E-state index contributed by atoms with van der Waals surface area (Å²) in [5.41, 5.74) is -1.28. The van der Waals surface area contributed by atoms with Gasteiger partial charge < -0.3 is 5.11 Å². The van der Waals surface area contributed by atoms with Gasteiger partial charge in [-0.05, 0) is 55.6 Å². The molecule has 0 amide bonds. The van der Waals surface area contributed by atoms with Crippen molar-refractivity contribution in [3.8, 4) is 0 Å². The van der Waals surface area contributed by atoms with Crippen LogP contribution in [0.1, 0.15) is 58.8 Å². The molecule has 1 aromatic rings. The third-order valence-electron chi connectivity index (χ3n) is 8.48. The van der Waals surface area contributed by atoms with E-state index in [0.717, 1.165) is 19.3 Å². The maximum atomic E-state index is 13.6. The van der Waals surface area contributed by atoms with Crippen molar-refractivity contribution < 1.29 is 23.7 Å². The number of carboxylic acids is 1. The number of benzene rings is 1. The largest absolute Gasteiger partial charge is 0.481 e. The van der Waals surface area contributed by atoms with Crippen molar-refractivity contribution in [2.45, 2.75) is 68.9 Å². The lowest BCUT2D eigenvalue weighted by molar-refractivity contribution is -0.148. The van der Waals surface area contributed by atoms with Crippen LogP contribution in [0.5, 0.6) is 0 Å². The first kappa shape index (κ1) is 21.4. The van der Waals surface area contributed by atoms with Crippen molar-refractivity contribution in [1.82, 2.24) is 0 Å². The van der Waals surface area contributed by atoms with Crippen molar-refractivity contribution in [2.24, 2.45) is 28.6 Å². The molecule has 30 heavy (non-hydrogen) atoms. The molecule has 0 spiro atoms. The van der Waals surface area contributed by atoms with Crippen molar-refractivity contribution in [2.75, 3.05) is 0 Å². The average molecular weight is 431 g/mol. The molecule has 1 unspecified atom stereocenters. The highest BCUT2D eigenvalue weighted by Gasteiger charge is 2.62. The number of aliphatic carboxylic acids is 1. The molecule has 1 N–H and O–H groups in total. The maximum Gasteiger partial charge on any atom is 0.304 e. The molecule has 6 heteroatoms. The van der Waals surface area contributed by atoms with Crippen LogP contribution in [0.15, 0.2) is 35.2 Å². The zero-order valence-electron chi connectivity index (χ0n) is 17.6. The first-order chi connectivity index (χ1) is 14.2. The van der Waals surface area contributed by atoms with Crippen LogP contribution in [0, 0.1) is 28.6 Å². The van der Waals surface area contributed by atoms with E-state index in [2.05, 4.69) is 6.92 Å². The van der Waals surface area contributed by atoms with E-state index in [9.17, 15) is 23.7 Å². The van der Waals surface area contributed by atoms with Crippen molar-refractivity contribution in [1.29, 1.82) is 0 Å². The molecule has 3 fully saturated rings. The van der Waals surface area contributed by atoms with E-state index in [-0.39, 0.29) is 35.4 Å². The van der Waals surface area contributed by atoms with Gasteiger partial charge >= 0.3 is 5.97 Å². The highest BCUT2D eigenvalue weighted by Crippen LogP contribution is 2.62. The van der Waals surface area contributed by atoms with Crippen LogP contribution in [0.4, 0.5) is 0 Å². The van der Waals surface area contributed by atoms with Crippen LogP contribution in [-0.4, -0.2) is 32.1 Å². The van der Waals surface area contributed by atoms with E-state index in [4.69, 9.17) is 0 Å². The summed E-state index contributed by atoms with van der Waals surface area (Å²) in [5, 5.41) is 8.86. The van der Waals surface area contributed by atoms with Crippen molar-refractivity contribution in [3.05, 3.63) is 30.3 Å². The summed E-state index contributed by atoms with van der Waals surface area (Å²) in [4.78, 5) is 38.3. The van der Waals surface area contributed by atoms with Gasteiger partial charge in [0.25, 0.3) is 0 Å². The van der Waals surface area contributed by atoms with E-state index in [0.29, 0.717) is 29.9 Å². The van der Waals surface area contributed by atoms with Gasteiger partial charge in [-0.15, -0.1) is 0 Å². The van der Waals surface area contributed by atoms with Gasteiger partial charge in [0.1, 0.15) is 11.6 Å². The fraction of sp³-hybridized carbons (Fsp3) is 0.625. The first-order valence-electron chi connectivity index (χ1n) is 10.9. The Hall–Kier alpha value is -1.82. The highest BCUT2D eigenvalue weighted by molar-refractivity contribution is 7.85. The van der Waals surface area contributed by atoms with E-state index in [1.165, 1.54) is 0 Å². The smallest absolute Gasteiger partial charge is 0.304 e. The van der Waals surface area contributed by atoms with Gasteiger partial charge in [0.05, 0.1) is 22.5 Å². The molecule has 5 nitrogen and oxygen atoms in total. The number of hydrogen-bond acceptors (Lipinski definition) is 4. The first-order valence-corrected chi connectivity index (χ1v) is 12.1. The van der Waals surface area contributed by atoms with Gasteiger partial charge in [0, 0.05) is 28.6 Å². The van der Waals surface area contributed by atoms with Crippen LogP contribution in [0.25, 0.3) is 0 Å². The molecular formula is C24H30O5S. The Morgan fingerprint density at radius 1 is 1.07 bits per heavy atom. The second kappa shape index (κ2) is 7.70. The van der Waals surface area contributed by atoms with Crippen LogP contribution in [0.2, 0.25) is 0 Å². The SMILES string of the molecule is C[C@]1([C@H](CC(=O)O)S(=O)c2ccccc2)C(=O)CC[C@@H]2[C@@H]1CC[C@]1(C)C(=O)CC[C@@H]21. The Morgan fingerprint density at radius 2 is 1.73 bits per heavy atom. The number of carbonyl (C=O) groups is 3. The molecule has 3 saturated carbocycles. The Bertz CT molecular complexity index is 896. The lowest BCUT2D eigenvalue weighted by Crippen LogP contribution is -2.58. The number of rotatable bonds is 5. The summed E-state index contributed by atoms with van der Waals surface area (Å²) in [7, 11) is -1.61. The standard InChI is InChI=1S/C24H30O5S/c1-23-13-12-18-16(17(23)9-11-19(23)25)8-10-20(26)24(18,2)21(14-22(27)28)30(29)15-6-4-3-5-7-15/h3-7,16-18,21H,8-14H2,1-2H3,(H,27,28)/t16-,17-,18-,21-,23-,24+,30?/m0/s1. The van der Waals surface area contributed by atoms with Crippen LogP contribution >= 0.6 is 0 Å². The van der Waals surface area contributed by atoms with Crippen LogP contribution in [-0.2, 0) is 25.2 Å². The molecule has 0 heterocycles. The third-order valence-corrected chi connectivity index (χ3v) is 10.4. The molecular weight excluding hydrogens is 400 g/mol. The summed E-state index contributed by atoms with van der Waals surface area (Å²) >= 11 is 0.